The molecule has 0 saturated carbocycles. The summed E-state index contributed by atoms with van der Waals surface area (Å²) in [5.74, 6) is 1.78. The molecule has 1 heterocycles. The van der Waals surface area contributed by atoms with Crippen molar-refractivity contribution in [3.63, 3.8) is 0 Å². The molecular formula is C25H31N3O2. The van der Waals surface area contributed by atoms with Gasteiger partial charge in [0.15, 0.2) is 0 Å². The standard InChI is InChI=1S/C25H31N3O2/c1-27(16-20-7-5-9-24(13-20)29-3)18-22-11-12-23(26-15-22)19-28(2)17-21-8-6-10-25(14-21)30-4/h5-15H,16-19H2,1-4H3. The zero-order valence-electron chi connectivity index (χ0n) is 18.3. The van der Waals surface area contributed by atoms with E-state index in [9.17, 15) is 0 Å². The van der Waals surface area contributed by atoms with Crippen LogP contribution in [0, 0.1) is 0 Å². The van der Waals surface area contributed by atoms with Gasteiger partial charge in [-0.1, -0.05) is 30.3 Å². The molecular weight excluding hydrogens is 374 g/mol. The van der Waals surface area contributed by atoms with Gasteiger partial charge in [0.05, 0.1) is 19.9 Å². The highest BCUT2D eigenvalue weighted by molar-refractivity contribution is 5.29. The predicted octanol–water partition coefficient (Wildman–Crippen LogP) is 4.36. The van der Waals surface area contributed by atoms with Crippen LogP contribution < -0.4 is 9.47 Å². The minimum absolute atomic E-state index is 0.803. The quantitative estimate of drug-likeness (QED) is 0.501. The van der Waals surface area contributed by atoms with Crippen molar-refractivity contribution in [2.75, 3.05) is 28.3 Å². The van der Waals surface area contributed by atoms with Gasteiger partial charge in [0, 0.05) is 32.4 Å². The van der Waals surface area contributed by atoms with E-state index in [1.807, 2.05) is 30.5 Å². The summed E-state index contributed by atoms with van der Waals surface area (Å²) in [6.07, 6.45) is 1.98. The first-order valence-electron chi connectivity index (χ1n) is 10.1. The van der Waals surface area contributed by atoms with Gasteiger partial charge in [0.25, 0.3) is 0 Å². The Bertz CT molecular complexity index is 851. The van der Waals surface area contributed by atoms with Crippen LogP contribution in [-0.2, 0) is 26.2 Å². The van der Waals surface area contributed by atoms with Crippen molar-refractivity contribution in [2.45, 2.75) is 26.2 Å². The van der Waals surface area contributed by atoms with Crippen LogP contribution in [0.5, 0.6) is 11.5 Å². The van der Waals surface area contributed by atoms with Gasteiger partial charge < -0.3 is 9.47 Å². The smallest absolute Gasteiger partial charge is 0.119 e. The normalized spacial score (nSPS) is 11.1. The molecule has 2 aromatic carbocycles. The minimum atomic E-state index is 0.803. The van der Waals surface area contributed by atoms with Crippen molar-refractivity contribution in [1.82, 2.24) is 14.8 Å². The Balaban J connectivity index is 1.51. The van der Waals surface area contributed by atoms with E-state index in [-0.39, 0.29) is 0 Å². The van der Waals surface area contributed by atoms with Crippen LogP contribution in [-0.4, -0.2) is 43.1 Å². The van der Waals surface area contributed by atoms with E-state index in [0.29, 0.717) is 0 Å². The molecule has 0 atom stereocenters. The van der Waals surface area contributed by atoms with E-state index in [4.69, 9.17) is 9.47 Å². The van der Waals surface area contributed by atoms with Crippen molar-refractivity contribution in [3.05, 3.63) is 89.2 Å². The number of methoxy groups -OCH3 is 2. The van der Waals surface area contributed by atoms with Gasteiger partial charge in [-0.15, -0.1) is 0 Å². The SMILES string of the molecule is COc1cccc(CN(C)Cc2ccc(CN(C)Cc3cccc(OC)c3)nc2)c1. The zero-order chi connectivity index (χ0) is 21.3. The fourth-order valence-electron chi connectivity index (χ4n) is 3.51. The van der Waals surface area contributed by atoms with Gasteiger partial charge in [0.1, 0.15) is 11.5 Å². The van der Waals surface area contributed by atoms with E-state index in [1.165, 1.54) is 16.7 Å². The molecule has 0 N–H and O–H groups in total. The minimum Gasteiger partial charge on any atom is -0.497 e. The molecule has 0 saturated heterocycles. The summed E-state index contributed by atoms with van der Waals surface area (Å²) in [5.41, 5.74) is 4.74. The third-order valence-corrected chi connectivity index (χ3v) is 4.94. The molecule has 0 bridgehead atoms. The van der Waals surface area contributed by atoms with E-state index >= 15 is 0 Å². The molecule has 3 rings (SSSR count). The number of rotatable bonds is 10. The number of hydrogen-bond acceptors (Lipinski definition) is 5. The van der Waals surface area contributed by atoms with Crippen LogP contribution in [0.3, 0.4) is 0 Å². The van der Waals surface area contributed by atoms with Crippen LogP contribution in [0.25, 0.3) is 0 Å². The Morgan fingerprint density at radius 3 is 1.70 bits per heavy atom. The van der Waals surface area contributed by atoms with E-state index in [1.54, 1.807) is 14.2 Å². The Hall–Kier alpha value is -2.89. The van der Waals surface area contributed by atoms with Crippen molar-refractivity contribution < 1.29 is 9.47 Å². The third kappa shape index (κ3) is 6.58. The van der Waals surface area contributed by atoms with Crippen molar-refractivity contribution in [3.8, 4) is 11.5 Å². The van der Waals surface area contributed by atoms with E-state index in [0.717, 1.165) is 43.4 Å². The maximum Gasteiger partial charge on any atom is 0.119 e. The molecule has 158 valence electrons. The Morgan fingerprint density at radius 1 is 0.667 bits per heavy atom. The molecule has 0 unspecified atom stereocenters. The largest absolute Gasteiger partial charge is 0.497 e. The maximum absolute atomic E-state index is 5.31. The summed E-state index contributed by atoms with van der Waals surface area (Å²) in [4.78, 5) is 9.20. The molecule has 5 heteroatoms. The highest BCUT2D eigenvalue weighted by Gasteiger charge is 2.07. The topological polar surface area (TPSA) is 37.8 Å². The van der Waals surface area contributed by atoms with Crippen molar-refractivity contribution >= 4 is 0 Å². The fourth-order valence-corrected chi connectivity index (χ4v) is 3.51. The number of hydrogen-bond donors (Lipinski definition) is 0. The Labute approximate surface area is 179 Å². The number of ether oxygens (including phenoxy) is 2. The average molecular weight is 406 g/mol. The van der Waals surface area contributed by atoms with Gasteiger partial charge in [0.2, 0.25) is 0 Å². The summed E-state index contributed by atoms with van der Waals surface area (Å²) in [7, 11) is 7.62. The Kier molecular flexibility index (Phi) is 7.82. The second-order valence-electron chi connectivity index (χ2n) is 7.71. The van der Waals surface area contributed by atoms with Crippen LogP contribution in [0.15, 0.2) is 66.9 Å². The van der Waals surface area contributed by atoms with Crippen molar-refractivity contribution in [2.24, 2.45) is 0 Å². The number of aromatic nitrogens is 1. The third-order valence-electron chi connectivity index (χ3n) is 4.94. The molecule has 0 amide bonds. The van der Waals surface area contributed by atoms with E-state index < -0.39 is 0 Å². The monoisotopic (exact) mass is 405 g/mol. The molecule has 3 aromatic rings. The second kappa shape index (κ2) is 10.8. The lowest BCUT2D eigenvalue weighted by Crippen LogP contribution is -2.19. The van der Waals surface area contributed by atoms with Gasteiger partial charge in [-0.25, -0.2) is 0 Å². The molecule has 0 aliphatic carbocycles. The van der Waals surface area contributed by atoms with Gasteiger partial charge >= 0.3 is 0 Å². The molecule has 1 aromatic heterocycles. The highest BCUT2D eigenvalue weighted by Crippen LogP contribution is 2.16. The van der Waals surface area contributed by atoms with Gasteiger partial charge in [-0.05, 0) is 61.1 Å². The van der Waals surface area contributed by atoms with Gasteiger partial charge in [-0.2, -0.15) is 0 Å². The highest BCUT2D eigenvalue weighted by atomic mass is 16.5. The lowest BCUT2D eigenvalue weighted by atomic mass is 10.2. The molecule has 0 fully saturated rings. The van der Waals surface area contributed by atoms with Crippen LogP contribution in [0.4, 0.5) is 0 Å². The molecule has 0 aliphatic heterocycles. The first kappa shape index (κ1) is 21.8. The molecule has 30 heavy (non-hydrogen) atoms. The zero-order valence-corrected chi connectivity index (χ0v) is 18.3. The first-order valence-corrected chi connectivity index (χ1v) is 10.1. The summed E-state index contributed by atoms with van der Waals surface area (Å²) in [6.45, 7) is 3.37. The summed E-state index contributed by atoms with van der Waals surface area (Å²) in [6, 6.07) is 20.7. The predicted molar refractivity (Wildman–Crippen MR) is 121 cm³/mol. The summed E-state index contributed by atoms with van der Waals surface area (Å²) >= 11 is 0. The van der Waals surface area contributed by atoms with Crippen LogP contribution >= 0.6 is 0 Å². The van der Waals surface area contributed by atoms with Gasteiger partial charge in [-0.3, -0.25) is 14.8 Å². The van der Waals surface area contributed by atoms with Crippen molar-refractivity contribution in [1.29, 1.82) is 0 Å². The number of nitrogens with zero attached hydrogens (tertiary/aromatic N) is 3. The summed E-state index contributed by atoms with van der Waals surface area (Å²) in [5, 5.41) is 0. The fraction of sp³-hybridized carbons (Fsp3) is 0.320. The lowest BCUT2D eigenvalue weighted by Gasteiger charge is -2.18. The van der Waals surface area contributed by atoms with Crippen LogP contribution in [0.1, 0.15) is 22.4 Å². The second-order valence-corrected chi connectivity index (χ2v) is 7.71. The first-order chi connectivity index (χ1) is 14.6. The maximum atomic E-state index is 5.31. The summed E-state index contributed by atoms with van der Waals surface area (Å²) < 4.78 is 10.6. The molecule has 0 aliphatic rings. The van der Waals surface area contributed by atoms with E-state index in [2.05, 4.69) is 65.3 Å². The molecule has 5 nitrogen and oxygen atoms in total. The number of pyridine rings is 1. The molecule has 0 spiro atoms. The van der Waals surface area contributed by atoms with Crippen LogP contribution in [0.2, 0.25) is 0 Å². The average Bonchev–Trinajstić information content (AvgIpc) is 2.75. The Morgan fingerprint density at radius 2 is 1.20 bits per heavy atom. The number of benzene rings is 2. The lowest BCUT2D eigenvalue weighted by molar-refractivity contribution is 0.311. The molecule has 0 radical (unpaired) electrons.